The number of methoxy groups -OCH3 is 2. The minimum Gasteiger partial charge on any atom is -0.504 e. The number of rotatable bonds is 4. The second-order valence-electron chi connectivity index (χ2n) is 4.71. The van der Waals surface area contributed by atoms with E-state index in [1.165, 1.54) is 0 Å². The van der Waals surface area contributed by atoms with Crippen LogP contribution in [0.4, 0.5) is 35.1 Å². The minimum absolute atomic E-state index is 0.148. The number of benzene rings is 2. The van der Waals surface area contributed by atoms with Crippen molar-refractivity contribution in [3.05, 3.63) is 40.4 Å². The van der Waals surface area contributed by atoms with Gasteiger partial charge in [0.15, 0.2) is 28.7 Å². The van der Waals surface area contributed by atoms with E-state index in [0.717, 1.165) is 6.07 Å². The van der Waals surface area contributed by atoms with E-state index in [1.807, 2.05) is 0 Å². The van der Waals surface area contributed by atoms with E-state index in [-0.39, 0.29) is 4.47 Å². The molecule has 0 aliphatic carbocycles. The van der Waals surface area contributed by atoms with Crippen molar-refractivity contribution in [1.82, 2.24) is 0 Å². The Hall–Kier alpha value is -2.64. The summed E-state index contributed by atoms with van der Waals surface area (Å²) in [6.07, 6.45) is -10.2. The molecule has 0 bridgehead atoms. The molecule has 0 aliphatic heterocycles. The maximum absolute atomic E-state index is 13.6. The third kappa shape index (κ3) is 7.31. The molecule has 168 valence electrons. The number of hydrogen-bond acceptors (Lipinski definition) is 5. The van der Waals surface area contributed by atoms with Crippen LogP contribution >= 0.6 is 15.9 Å². The Balaban J connectivity index is 0.000000360. The lowest BCUT2D eigenvalue weighted by molar-refractivity contribution is -0.276. The topological polar surface area (TPSA) is 57.2 Å². The van der Waals surface area contributed by atoms with Crippen molar-refractivity contribution in [2.24, 2.45) is 0 Å². The summed E-state index contributed by atoms with van der Waals surface area (Å²) in [6.45, 7) is 0. The standard InChI is InChI=1S/C8H5BrF4O2.C8H6F4O3/c1-14-7-4(9)2-3-5(6(7)10)15-8(11,12)13;1-14-7-4(13)2-3-5(6(7)9)15-8(10,11)12/h2-3H,1H3;2-3,13H,1H3/i2*1D3. The summed E-state index contributed by atoms with van der Waals surface area (Å²) in [5.74, 6) is -8.88. The Morgan fingerprint density at radius 2 is 1.23 bits per heavy atom. The highest BCUT2D eigenvalue weighted by molar-refractivity contribution is 9.10. The third-order valence-corrected chi connectivity index (χ3v) is 3.33. The van der Waals surface area contributed by atoms with Crippen LogP contribution in [-0.4, -0.2) is 31.9 Å². The van der Waals surface area contributed by atoms with E-state index in [9.17, 15) is 35.1 Å². The van der Waals surface area contributed by atoms with Gasteiger partial charge in [-0.2, -0.15) is 8.78 Å². The van der Waals surface area contributed by atoms with Gasteiger partial charge in [0, 0.05) is 0 Å². The maximum Gasteiger partial charge on any atom is 0.573 e. The molecule has 0 unspecified atom stereocenters. The van der Waals surface area contributed by atoms with Crippen molar-refractivity contribution >= 4 is 15.9 Å². The number of hydrogen-bond donors (Lipinski definition) is 1. The van der Waals surface area contributed by atoms with Crippen molar-refractivity contribution in [2.75, 3.05) is 14.1 Å². The van der Waals surface area contributed by atoms with Crippen LogP contribution in [0.1, 0.15) is 8.22 Å². The molecule has 14 heteroatoms. The van der Waals surface area contributed by atoms with Gasteiger partial charge < -0.3 is 24.1 Å². The summed E-state index contributed by atoms with van der Waals surface area (Å²) >= 11 is 2.76. The quantitative estimate of drug-likeness (QED) is 0.506. The van der Waals surface area contributed by atoms with Crippen LogP contribution in [0.25, 0.3) is 0 Å². The summed E-state index contributed by atoms with van der Waals surface area (Å²) in [5.41, 5.74) is 0. The van der Waals surface area contributed by atoms with Gasteiger partial charge in [0.2, 0.25) is 11.6 Å². The molecule has 0 amide bonds. The normalized spacial score (nSPS) is 15.1. The molecular weight excluding hydrogens is 504 g/mol. The molecule has 0 aromatic heterocycles. The van der Waals surface area contributed by atoms with Crippen molar-refractivity contribution < 1.29 is 67.4 Å². The van der Waals surface area contributed by atoms with Gasteiger partial charge in [-0.3, -0.25) is 0 Å². The summed E-state index contributed by atoms with van der Waals surface area (Å²) in [4.78, 5) is 0. The molecule has 30 heavy (non-hydrogen) atoms. The average molecular weight is 521 g/mol. The van der Waals surface area contributed by atoms with Crippen LogP contribution in [0.2, 0.25) is 0 Å². The lowest BCUT2D eigenvalue weighted by Crippen LogP contribution is -2.18. The number of halogens is 9. The first-order valence-corrected chi connectivity index (χ1v) is 7.67. The van der Waals surface area contributed by atoms with E-state index in [4.69, 9.17) is 13.3 Å². The molecule has 1 N–H and O–H groups in total. The molecule has 0 saturated carbocycles. The highest BCUT2D eigenvalue weighted by Crippen LogP contribution is 2.37. The first-order valence-electron chi connectivity index (χ1n) is 9.88. The highest BCUT2D eigenvalue weighted by atomic mass is 79.9. The van der Waals surface area contributed by atoms with Crippen LogP contribution in [0, 0.1) is 11.6 Å². The Morgan fingerprint density at radius 1 is 0.800 bits per heavy atom. The fourth-order valence-corrected chi connectivity index (χ4v) is 2.03. The third-order valence-electron chi connectivity index (χ3n) is 2.71. The number of phenolic OH excluding ortho intramolecular Hbond substituents is 1. The van der Waals surface area contributed by atoms with E-state index in [2.05, 4.69) is 34.9 Å². The maximum atomic E-state index is 13.6. The van der Waals surface area contributed by atoms with Crippen molar-refractivity contribution in [2.45, 2.75) is 12.7 Å². The Labute approximate surface area is 180 Å². The van der Waals surface area contributed by atoms with E-state index < -0.39 is 67.2 Å². The van der Waals surface area contributed by atoms with Crippen LogP contribution < -0.4 is 18.9 Å². The van der Waals surface area contributed by atoms with E-state index >= 15 is 0 Å². The molecule has 0 radical (unpaired) electrons. The minimum atomic E-state index is -5.16. The first kappa shape index (κ1) is 17.1. The van der Waals surface area contributed by atoms with Gasteiger partial charge in [-0.15, -0.1) is 26.3 Å². The lowest BCUT2D eigenvalue weighted by atomic mass is 10.3. The van der Waals surface area contributed by atoms with Crippen LogP contribution in [-0.2, 0) is 0 Å². The lowest BCUT2D eigenvalue weighted by Gasteiger charge is -2.12. The molecule has 2 rings (SSSR count). The van der Waals surface area contributed by atoms with Gasteiger partial charge in [0.1, 0.15) is 0 Å². The Morgan fingerprint density at radius 3 is 1.70 bits per heavy atom. The second kappa shape index (κ2) is 9.91. The predicted molar refractivity (Wildman–Crippen MR) is 88.6 cm³/mol. The summed E-state index contributed by atoms with van der Waals surface area (Å²) in [7, 11) is -6.13. The Bertz CT molecular complexity index is 976. The molecule has 0 atom stereocenters. The van der Waals surface area contributed by atoms with Crippen LogP contribution in [0.3, 0.4) is 0 Å². The second-order valence-corrected chi connectivity index (χ2v) is 5.57. The average Bonchev–Trinajstić information content (AvgIpc) is 2.64. The number of phenols is 1. The van der Waals surface area contributed by atoms with E-state index in [0.29, 0.717) is 18.2 Å². The summed E-state index contributed by atoms with van der Waals surface area (Å²) < 4.78 is 154. The molecule has 0 saturated heterocycles. The number of alkyl halides is 6. The van der Waals surface area contributed by atoms with Gasteiger partial charge in [-0.1, -0.05) is 0 Å². The van der Waals surface area contributed by atoms with Gasteiger partial charge in [-0.25, -0.2) is 0 Å². The monoisotopic (exact) mass is 520 g/mol. The zero-order valence-corrected chi connectivity index (χ0v) is 15.4. The number of aromatic hydroxyl groups is 1. The predicted octanol–water partition coefficient (Wildman–Crippen LogP) is 5.93. The molecular formula is C16H11BrF8O5. The first-order chi connectivity index (χ1) is 16.0. The largest absolute Gasteiger partial charge is 0.573 e. The summed E-state index contributed by atoms with van der Waals surface area (Å²) in [5, 5.41) is 9.13. The fourth-order valence-electron chi connectivity index (χ4n) is 1.64. The molecule has 0 heterocycles. The van der Waals surface area contributed by atoms with Gasteiger partial charge >= 0.3 is 12.7 Å². The SMILES string of the molecule is [2H]C([2H])([2H])Oc1c(Br)ccc(OC(F)(F)F)c1F.[2H]C([2H])([2H])Oc1c(O)ccc(OC(F)(F)F)c1F. The zero-order valence-electron chi connectivity index (χ0n) is 19.8. The van der Waals surface area contributed by atoms with E-state index in [1.54, 1.807) is 0 Å². The van der Waals surface area contributed by atoms with Gasteiger partial charge in [0.25, 0.3) is 0 Å². The molecule has 5 nitrogen and oxygen atoms in total. The van der Waals surface area contributed by atoms with Crippen molar-refractivity contribution in [3.8, 4) is 28.7 Å². The van der Waals surface area contributed by atoms with Crippen LogP contribution in [0.5, 0.6) is 28.7 Å². The molecule has 2 aromatic carbocycles. The fraction of sp³-hybridized carbons (Fsp3) is 0.250. The van der Waals surface area contributed by atoms with Crippen molar-refractivity contribution in [1.29, 1.82) is 0 Å². The molecule has 0 spiro atoms. The smallest absolute Gasteiger partial charge is 0.504 e. The zero-order chi connectivity index (χ0) is 28.3. The molecule has 0 aliphatic rings. The van der Waals surface area contributed by atoms with Gasteiger partial charge in [0.05, 0.1) is 26.8 Å². The van der Waals surface area contributed by atoms with Gasteiger partial charge in [-0.05, 0) is 40.2 Å². The number of ether oxygens (including phenoxy) is 4. The summed E-state index contributed by atoms with van der Waals surface area (Å²) in [6, 6.07) is 2.78. The molecule has 2 aromatic rings. The van der Waals surface area contributed by atoms with Crippen molar-refractivity contribution in [3.63, 3.8) is 0 Å². The molecule has 0 fully saturated rings. The van der Waals surface area contributed by atoms with Crippen LogP contribution in [0.15, 0.2) is 28.7 Å². The Kier molecular flexibility index (Phi) is 5.64. The highest BCUT2D eigenvalue weighted by Gasteiger charge is 2.34.